The van der Waals surface area contributed by atoms with Crippen LogP contribution in [-0.2, 0) is 10.0 Å². The Morgan fingerprint density at radius 3 is 2.50 bits per heavy atom. The van der Waals surface area contributed by atoms with Crippen LogP contribution in [0.25, 0.3) is 11.0 Å². The Morgan fingerprint density at radius 2 is 1.80 bits per heavy atom. The quantitative estimate of drug-likeness (QED) is 0.683. The lowest BCUT2D eigenvalue weighted by atomic mass is 10.2. The third kappa shape index (κ3) is 1.99. The molecule has 0 fully saturated rings. The van der Waals surface area contributed by atoms with Crippen LogP contribution in [0.4, 0.5) is 0 Å². The maximum Gasteiger partial charge on any atom is 0.269 e. The first-order valence-electron chi connectivity index (χ1n) is 5.95. The molecule has 6 heteroatoms. The van der Waals surface area contributed by atoms with E-state index in [0.29, 0.717) is 5.65 Å². The van der Waals surface area contributed by atoms with E-state index in [1.807, 2.05) is 6.92 Å². The van der Waals surface area contributed by atoms with Crippen LogP contribution in [0.3, 0.4) is 0 Å². The molecule has 0 unspecified atom stereocenters. The van der Waals surface area contributed by atoms with Crippen molar-refractivity contribution < 1.29 is 8.42 Å². The van der Waals surface area contributed by atoms with Crippen molar-refractivity contribution >= 4 is 32.7 Å². The van der Waals surface area contributed by atoms with Crippen LogP contribution in [-0.4, -0.2) is 17.4 Å². The zero-order chi connectivity index (χ0) is 14.3. The second-order valence-electron chi connectivity index (χ2n) is 4.43. The van der Waals surface area contributed by atoms with Crippen LogP contribution in [0.15, 0.2) is 53.6 Å². The van der Waals surface area contributed by atoms with Gasteiger partial charge < -0.3 is 0 Å². The Kier molecular flexibility index (Phi) is 3.03. The van der Waals surface area contributed by atoms with Crippen LogP contribution < -0.4 is 0 Å². The Morgan fingerprint density at radius 1 is 1.10 bits per heavy atom. The molecule has 0 aliphatic heterocycles. The highest BCUT2D eigenvalue weighted by Gasteiger charge is 2.20. The summed E-state index contributed by atoms with van der Waals surface area (Å²) in [5, 5.41) is 1.04. The molecule has 20 heavy (non-hydrogen) atoms. The van der Waals surface area contributed by atoms with Crippen molar-refractivity contribution in [3.05, 3.63) is 59.4 Å². The SMILES string of the molecule is Cc1cn(S(=O)(=O)c2ccccc2)c2nc(Cl)ccc12. The van der Waals surface area contributed by atoms with Gasteiger partial charge in [-0.1, -0.05) is 29.8 Å². The Bertz CT molecular complexity index is 886. The predicted molar refractivity (Wildman–Crippen MR) is 78.5 cm³/mol. The number of fused-ring (bicyclic) bond motifs is 1. The highest BCUT2D eigenvalue weighted by Crippen LogP contribution is 2.25. The Balaban J connectivity index is 2.33. The van der Waals surface area contributed by atoms with Gasteiger partial charge in [0.2, 0.25) is 0 Å². The third-order valence-electron chi connectivity index (χ3n) is 3.09. The first-order valence-corrected chi connectivity index (χ1v) is 7.77. The number of aromatic nitrogens is 2. The summed E-state index contributed by atoms with van der Waals surface area (Å²) in [5.41, 5.74) is 1.18. The fourth-order valence-corrected chi connectivity index (χ4v) is 3.63. The lowest BCUT2D eigenvalue weighted by Gasteiger charge is -2.06. The summed E-state index contributed by atoms with van der Waals surface area (Å²) in [6.45, 7) is 1.84. The number of hydrogen-bond acceptors (Lipinski definition) is 3. The number of hydrogen-bond donors (Lipinski definition) is 0. The number of rotatable bonds is 2. The van der Waals surface area contributed by atoms with Gasteiger partial charge in [0.1, 0.15) is 5.15 Å². The number of halogens is 1. The minimum Gasteiger partial charge on any atom is -0.224 e. The van der Waals surface area contributed by atoms with E-state index in [1.165, 1.54) is 3.97 Å². The molecule has 0 amide bonds. The van der Waals surface area contributed by atoms with Crippen molar-refractivity contribution in [2.75, 3.05) is 0 Å². The van der Waals surface area contributed by atoms with Gasteiger partial charge in [0.05, 0.1) is 4.90 Å². The average Bonchev–Trinajstić information content (AvgIpc) is 2.77. The van der Waals surface area contributed by atoms with Crippen LogP contribution in [0.2, 0.25) is 5.15 Å². The van der Waals surface area contributed by atoms with Gasteiger partial charge >= 0.3 is 0 Å². The minimum atomic E-state index is -3.67. The van der Waals surface area contributed by atoms with Gasteiger partial charge in [-0.25, -0.2) is 17.4 Å². The van der Waals surface area contributed by atoms with Gasteiger partial charge in [-0.2, -0.15) is 0 Å². The predicted octanol–water partition coefficient (Wildman–Crippen LogP) is 3.24. The summed E-state index contributed by atoms with van der Waals surface area (Å²) in [5.74, 6) is 0. The highest BCUT2D eigenvalue weighted by molar-refractivity contribution is 7.90. The van der Waals surface area contributed by atoms with Crippen LogP contribution in [0, 0.1) is 6.92 Å². The van der Waals surface area contributed by atoms with E-state index in [4.69, 9.17) is 11.6 Å². The second-order valence-corrected chi connectivity index (χ2v) is 6.63. The van der Waals surface area contributed by atoms with E-state index in [2.05, 4.69) is 4.98 Å². The van der Waals surface area contributed by atoms with E-state index >= 15 is 0 Å². The number of benzene rings is 1. The topological polar surface area (TPSA) is 52.0 Å². The highest BCUT2D eigenvalue weighted by atomic mass is 35.5. The van der Waals surface area contributed by atoms with Gasteiger partial charge in [0.15, 0.2) is 5.65 Å². The molecule has 0 radical (unpaired) electrons. The maximum absolute atomic E-state index is 12.7. The molecule has 0 aliphatic rings. The summed E-state index contributed by atoms with van der Waals surface area (Å²) in [6.07, 6.45) is 1.57. The molecule has 1 aromatic carbocycles. The van der Waals surface area contributed by atoms with Crippen molar-refractivity contribution in [2.45, 2.75) is 11.8 Å². The smallest absolute Gasteiger partial charge is 0.224 e. The second kappa shape index (κ2) is 4.61. The molecule has 0 saturated carbocycles. The molecule has 3 rings (SSSR count). The standard InChI is InChI=1S/C14H11ClN2O2S/c1-10-9-17(14-12(10)7-8-13(15)16-14)20(18,19)11-5-3-2-4-6-11/h2-9H,1H3. The third-order valence-corrected chi connectivity index (χ3v) is 4.96. The molecule has 4 nitrogen and oxygen atoms in total. The number of pyridine rings is 1. The van der Waals surface area contributed by atoms with Crippen molar-refractivity contribution in [2.24, 2.45) is 0 Å². The van der Waals surface area contributed by atoms with Crippen molar-refractivity contribution in [1.82, 2.24) is 8.96 Å². The first-order chi connectivity index (χ1) is 9.50. The summed E-state index contributed by atoms with van der Waals surface area (Å²) >= 11 is 5.88. The molecule has 0 aliphatic carbocycles. The Labute approximate surface area is 121 Å². The summed E-state index contributed by atoms with van der Waals surface area (Å²) < 4.78 is 26.5. The molecule has 0 N–H and O–H groups in total. The molecular formula is C14H11ClN2O2S. The van der Waals surface area contributed by atoms with E-state index in [-0.39, 0.29) is 10.0 Å². The zero-order valence-corrected chi connectivity index (χ0v) is 12.2. The van der Waals surface area contributed by atoms with Crippen LogP contribution in [0.1, 0.15) is 5.56 Å². The number of nitrogens with zero attached hydrogens (tertiary/aromatic N) is 2. The zero-order valence-electron chi connectivity index (χ0n) is 10.6. The molecule has 0 bridgehead atoms. The van der Waals surface area contributed by atoms with Gasteiger partial charge in [0, 0.05) is 11.6 Å². The summed E-state index contributed by atoms with van der Waals surface area (Å²) in [7, 11) is -3.67. The summed E-state index contributed by atoms with van der Waals surface area (Å²) in [6, 6.07) is 11.7. The molecule has 2 aromatic heterocycles. The van der Waals surface area contributed by atoms with Gasteiger partial charge in [-0.15, -0.1) is 0 Å². The largest absolute Gasteiger partial charge is 0.269 e. The molecule has 0 spiro atoms. The van der Waals surface area contributed by atoms with Crippen molar-refractivity contribution in [3.63, 3.8) is 0 Å². The van der Waals surface area contributed by atoms with E-state index in [9.17, 15) is 8.42 Å². The lowest BCUT2D eigenvalue weighted by Crippen LogP contribution is -2.12. The normalized spacial score (nSPS) is 11.9. The summed E-state index contributed by atoms with van der Waals surface area (Å²) in [4.78, 5) is 4.36. The van der Waals surface area contributed by atoms with Crippen molar-refractivity contribution in [1.29, 1.82) is 0 Å². The molecule has 0 atom stereocenters. The molecule has 102 valence electrons. The Hall–Kier alpha value is -1.85. The number of aryl methyl sites for hydroxylation is 1. The molecular weight excluding hydrogens is 296 g/mol. The fraction of sp³-hybridized carbons (Fsp3) is 0.0714. The van der Waals surface area contributed by atoms with E-state index in [0.717, 1.165) is 10.9 Å². The molecule has 2 heterocycles. The van der Waals surface area contributed by atoms with E-state index in [1.54, 1.807) is 48.7 Å². The minimum absolute atomic E-state index is 0.221. The van der Waals surface area contributed by atoms with E-state index < -0.39 is 10.0 Å². The molecule has 0 saturated heterocycles. The first kappa shape index (κ1) is 13.1. The van der Waals surface area contributed by atoms with Gasteiger partial charge in [0.25, 0.3) is 10.0 Å². The van der Waals surface area contributed by atoms with Gasteiger partial charge in [-0.3, -0.25) is 0 Å². The molecule has 3 aromatic rings. The van der Waals surface area contributed by atoms with Crippen molar-refractivity contribution in [3.8, 4) is 0 Å². The average molecular weight is 307 g/mol. The maximum atomic E-state index is 12.7. The van der Waals surface area contributed by atoms with Gasteiger partial charge in [-0.05, 0) is 36.8 Å². The fourth-order valence-electron chi connectivity index (χ4n) is 2.10. The van der Waals surface area contributed by atoms with Crippen LogP contribution >= 0.6 is 11.6 Å². The van der Waals surface area contributed by atoms with Crippen LogP contribution in [0.5, 0.6) is 0 Å². The lowest BCUT2D eigenvalue weighted by molar-refractivity contribution is 0.588. The monoisotopic (exact) mass is 306 g/mol.